The molecule has 0 unspecified atom stereocenters. The Morgan fingerprint density at radius 3 is 2.37 bits per heavy atom. The molecule has 2 aromatic carbocycles. The topological polar surface area (TPSA) is 106 Å². The summed E-state index contributed by atoms with van der Waals surface area (Å²) >= 11 is 3.48. The van der Waals surface area contributed by atoms with E-state index in [-0.39, 0.29) is 54.8 Å². The summed E-state index contributed by atoms with van der Waals surface area (Å²) in [5.74, 6) is 0.511. The molecule has 0 aromatic heterocycles. The Balaban J connectivity index is 1.47. The van der Waals surface area contributed by atoms with Gasteiger partial charge in [0.1, 0.15) is 5.75 Å². The minimum Gasteiger partial charge on any atom is -0.497 e. The van der Waals surface area contributed by atoms with Gasteiger partial charge in [0.25, 0.3) is 5.91 Å². The molecule has 1 fully saturated rings. The number of methoxy groups -OCH3 is 1. The first-order chi connectivity index (χ1) is 19.7. The number of carbonyl (C=O) groups is 1. The summed E-state index contributed by atoms with van der Waals surface area (Å²) in [6.45, 7) is -0.393. The SMILES string of the molecule is COc1ccc(S(=O)(=O)N(CCO)CCO[C@H]2C[C@@H](c3ccc(Br)cc3)C=C(C(=O)N(C)C3CCCCC3)O2)cc1. The van der Waals surface area contributed by atoms with Crippen LogP contribution in [0.3, 0.4) is 0 Å². The molecule has 2 atom stereocenters. The number of allylic oxidation sites excluding steroid dienone is 1. The molecular formula is C30H39BrN2O7S. The van der Waals surface area contributed by atoms with Crippen molar-refractivity contribution in [1.82, 2.24) is 9.21 Å². The second kappa shape index (κ2) is 14.6. The first-order valence-electron chi connectivity index (χ1n) is 14.0. The largest absolute Gasteiger partial charge is 0.497 e. The van der Waals surface area contributed by atoms with Crippen molar-refractivity contribution in [2.24, 2.45) is 0 Å². The maximum atomic E-state index is 13.5. The Bertz CT molecular complexity index is 1280. The van der Waals surface area contributed by atoms with E-state index in [1.165, 1.54) is 30.0 Å². The zero-order valence-corrected chi connectivity index (χ0v) is 26.0. The van der Waals surface area contributed by atoms with Gasteiger partial charge in [-0.1, -0.05) is 47.3 Å². The van der Waals surface area contributed by atoms with Crippen LogP contribution in [0.2, 0.25) is 0 Å². The van der Waals surface area contributed by atoms with E-state index in [0.717, 1.165) is 35.7 Å². The highest BCUT2D eigenvalue weighted by Gasteiger charge is 2.33. The van der Waals surface area contributed by atoms with Crippen molar-refractivity contribution in [3.63, 3.8) is 0 Å². The molecular weight excluding hydrogens is 612 g/mol. The zero-order valence-electron chi connectivity index (χ0n) is 23.6. The van der Waals surface area contributed by atoms with Crippen LogP contribution in [0.4, 0.5) is 0 Å². The van der Waals surface area contributed by atoms with Gasteiger partial charge in [-0.3, -0.25) is 4.79 Å². The third-order valence-corrected chi connectivity index (χ3v) is 10.1. The Kier molecular flexibility index (Phi) is 11.2. The summed E-state index contributed by atoms with van der Waals surface area (Å²) in [5.41, 5.74) is 1.03. The average Bonchev–Trinajstić information content (AvgIpc) is 3.00. The van der Waals surface area contributed by atoms with Crippen molar-refractivity contribution < 1.29 is 32.5 Å². The second-order valence-electron chi connectivity index (χ2n) is 10.4. The van der Waals surface area contributed by atoms with Crippen LogP contribution in [0.1, 0.15) is 50.0 Å². The fraction of sp³-hybridized carbons (Fsp3) is 0.500. The molecule has 0 spiro atoms. The molecule has 0 saturated heterocycles. The summed E-state index contributed by atoms with van der Waals surface area (Å²) in [6.07, 6.45) is 6.98. The third-order valence-electron chi connectivity index (χ3n) is 7.70. The lowest BCUT2D eigenvalue weighted by atomic mass is 9.92. The highest BCUT2D eigenvalue weighted by Crippen LogP contribution is 2.33. The molecule has 2 aromatic rings. The third kappa shape index (κ3) is 8.10. The summed E-state index contributed by atoms with van der Waals surface area (Å²) in [7, 11) is -0.535. The van der Waals surface area contributed by atoms with E-state index in [1.54, 1.807) is 17.0 Å². The van der Waals surface area contributed by atoms with E-state index < -0.39 is 16.3 Å². The predicted octanol–water partition coefficient (Wildman–Crippen LogP) is 4.66. The van der Waals surface area contributed by atoms with Gasteiger partial charge >= 0.3 is 0 Å². The van der Waals surface area contributed by atoms with Crippen molar-refractivity contribution in [3.8, 4) is 5.75 Å². The van der Waals surface area contributed by atoms with E-state index in [9.17, 15) is 18.3 Å². The standard InChI is InChI=1S/C30H39BrN2O7S/c1-32(25-6-4-3-5-7-25)30(35)28-20-23(22-8-10-24(31)11-9-22)21-29(40-28)39-19-17-33(16-18-34)41(36,37)27-14-12-26(38-2)13-15-27/h8-15,20,23,25,29,34H,3-7,16-19,21H2,1-2H3/t23-,29+/m0/s1. The number of hydrogen-bond acceptors (Lipinski definition) is 7. The number of nitrogens with zero attached hydrogens (tertiary/aromatic N) is 2. The van der Waals surface area contributed by atoms with E-state index in [2.05, 4.69) is 15.9 Å². The summed E-state index contributed by atoms with van der Waals surface area (Å²) in [4.78, 5) is 15.4. The Labute approximate surface area is 251 Å². The van der Waals surface area contributed by atoms with Crippen LogP contribution < -0.4 is 4.74 Å². The molecule has 11 heteroatoms. The van der Waals surface area contributed by atoms with Crippen LogP contribution in [0.5, 0.6) is 5.75 Å². The van der Waals surface area contributed by atoms with E-state index >= 15 is 0 Å². The van der Waals surface area contributed by atoms with Gasteiger partial charge in [0.05, 0.1) is 25.2 Å². The molecule has 0 bridgehead atoms. The van der Waals surface area contributed by atoms with Gasteiger partial charge in [0, 0.05) is 43.0 Å². The Morgan fingerprint density at radius 2 is 1.73 bits per heavy atom. The van der Waals surface area contributed by atoms with Crippen LogP contribution in [0, 0.1) is 0 Å². The molecule has 4 rings (SSSR count). The van der Waals surface area contributed by atoms with Crippen molar-refractivity contribution in [3.05, 3.63) is 70.4 Å². The summed E-state index contributed by atoms with van der Waals surface area (Å²) < 4.78 is 45.9. The van der Waals surface area contributed by atoms with Gasteiger partial charge < -0.3 is 24.2 Å². The number of rotatable bonds is 12. The second-order valence-corrected chi connectivity index (χ2v) is 13.2. The van der Waals surface area contributed by atoms with Crippen LogP contribution in [0.25, 0.3) is 0 Å². The van der Waals surface area contributed by atoms with E-state index in [0.29, 0.717) is 12.2 Å². The zero-order chi connectivity index (χ0) is 29.4. The maximum Gasteiger partial charge on any atom is 0.288 e. The highest BCUT2D eigenvalue weighted by molar-refractivity contribution is 9.10. The van der Waals surface area contributed by atoms with Crippen molar-refractivity contribution >= 4 is 31.9 Å². The molecule has 9 nitrogen and oxygen atoms in total. The highest BCUT2D eigenvalue weighted by atomic mass is 79.9. The number of sulfonamides is 1. The number of ether oxygens (including phenoxy) is 3. The summed E-state index contributed by atoms with van der Waals surface area (Å²) in [5, 5.41) is 9.57. The lowest BCUT2D eigenvalue weighted by Crippen LogP contribution is -2.41. The summed E-state index contributed by atoms with van der Waals surface area (Å²) in [6, 6.07) is 14.2. The van der Waals surface area contributed by atoms with Gasteiger partial charge in [-0.25, -0.2) is 8.42 Å². The fourth-order valence-corrected chi connectivity index (χ4v) is 6.99. The molecule has 1 N–H and O–H groups in total. The lowest BCUT2D eigenvalue weighted by Gasteiger charge is -2.35. The molecule has 1 aliphatic carbocycles. The normalized spacial score (nSPS) is 19.9. The van der Waals surface area contributed by atoms with Crippen LogP contribution in [0.15, 0.2) is 69.7 Å². The van der Waals surface area contributed by atoms with Gasteiger partial charge in [0.2, 0.25) is 16.3 Å². The predicted molar refractivity (Wildman–Crippen MR) is 159 cm³/mol. The van der Waals surface area contributed by atoms with E-state index in [1.807, 2.05) is 37.4 Å². The van der Waals surface area contributed by atoms with Crippen molar-refractivity contribution in [2.75, 3.05) is 40.5 Å². The van der Waals surface area contributed by atoms with Gasteiger partial charge in [-0.15, -0.1) is 0 Å². The molecule has 1 heterocycles. The van der Waals surface area contributed by atoms with Gasteiger partial charge in [-0.2, -0.15) is 4.31 Å². The van der Waals surface area contributed by atoms with Crippen LogP contribution >= 0.6 is 15.9 Å². The first kappa shape index (κ1) is 31.5. The maximum absolute atomic E-state index is 13.5. The number of benzene rings is 2. The molecule has 1 saturated carbocycles. The number of aliphatic hydroxyl groups is 1. The minimum atomic E-state index is -3.88. The molecule has 1 aliphatic heterocycles. The molecule has 2 aliphatic rings. The molecule has 224 valence electrons. The average molecular weight is 652 g/mol. The van der Waals surface area contributed by atoms with Gasteiger partial charge in [-0.05, 0) is 60.9 Å². The Hall–Kier alpha value is -2.44. The fourth-order valence-electron chi connectivity index (χ4n) is 5.31. The number of likely N-dealkylation sites (N-methyl/N-ethyl adjacent to an activating group) is 1. The molecule has 0 radical (unpaired) electrons. The quantitative estimate of drug-likeness (QED) is 0.356. The number of halogens is 1. The molecule has 1 amide bonds. The smallest absolute Gasteiger partial charge is 0.288 e. The number of amides is 1. The molecule has 41 heavy (non-hydrogen) atoms. The monoisotopic (exact) mass is 650 g/mol. The van der Waals surface area contributed by atoms with Crippen LogP contribution in [-0.2, 0) is 24.3 Å². The number of aliphatic hydroxyl groups excluding tert-OH is 1. The van der Waals surface area contributed by atoms with Gasteiger partial charge in [0.15, 0.2) is 5.76 Å². The van der Waals surface area contributed by atoms with E-state index in [4.69, 9.17) is 14.2 Å². The van der Waals surface area contributed by atoms with Crippen molar-refractivity contribution in [1.29, 1.82) is 0 Å². The Morgan fingerprint density at radius 1 is 1.05 bits per heavy atom. The lowest BCUT2D eigenvalue weighted by molar-refractivity contribution is -0.153. The number of hydrogen-bond donors (Lipinski definition) is 1. The van der Waals surface area contributed by atoms with Crippen molar-refractivity contribution in [2.45, 2.75) is 61.7 Å². The minimum absolute atomic E-state index is 0.00665. The number of carbonyl (C=O) groups excluding carboxylic acids is 1. The van der Waals surface area contributed by atoms with Crippen LogP contribution in [-0.4, -0.2) is 81.4 Å². The first-order valence-corrected chi connectivity index (χ1v) is 16.2.